The van der Waals surface area contributed by atoms with Crippen molar-refractivity contribution in [2.24, 2.45) is 0 Å². The van der Waals surface area contributed by atoms with Gasteiger partial charge in [-0.1, -0.05) is 12.2 Å². The van der Waals surface area contributed by atoms with E-state index in [1.165, 1.54) is 0 Å². The quantitative estimate of drug-likeness (QED) is 0.405. The fourth-order valence-electron chi connectivity index (χ4n) is 5.48. The number of allylic oxidation sites excluding steroid dienone is 1. The van der Waals surface area contributed by atoms with Crippen LogP contribution in [-0.2, 0) is 6.42 Å². The molecule has 1 N–H and O–H groups in total. The maximum absolute atomic E-state index is 13.5. The fraction of sp³-hybridized carbons (Fsp3) is 0.267. The Morgan fingerprint density at radius 2 is 1.95 bits per heavy atom. The number of ketones is 1. The lowest BCUT2D eigenvalue weighted by Gasteiger charge is -2.36. The van der Waals surface area contributed by atoms with Gasteiger partial charge in [0.15, 0.2) is 5.82 Å². The molecule has 7 heteroatoms. The van der Waals surface area contributed by atoms with Crippen LogP contribution in [0.4, 0.5) is 5.69 Å². The van der Waals surface area contributed by atoms with Gasteiger partial charge in [-0.25, -0.2) is 4.98 Å². The lowest BCUT2D eigenvalue weighted by molar-refractivity contribution is 0.103. The van der Waals surface area contributed by atoms with Gasteiger partial charge >= 0.3 is 0 Å². The molecular formula is C30H28N6O. The number of rotatable bonds is 5. The number of H-pyrrole nitrogens is 1. The second-order valence-electron chi connectivity index (χ2n) is 10.0. The van der Waals surface area contributed by atoms with Crippen LogP contribution in [-0.4, -0.2) is 58.9 Å². The summed E-state index contributed by atoms with van der Waals surface area (Å²) >= 11 is 0. The van der Waals surface area contributed by atoms with Crippen molar-refractivity contribution < 1.29 is 4.79 Å². The van der Waals surface area contributed by atoms with Crippen LogP contribution in [0.5, 0.6) is 0 Å². The molecule has 1 fully saturated rings. The molecule has 6 rings (SSSR count). The van der Waals surface area contributed by atoms with Crippen LogP contribution in [0.2, 0.25) is 0 Å². The largest absolute Gasteiger partial charge is 0.371 e. The first kappa shape index (κ1) is 23.1. The van der Waals surface area contributed by atoms with E-state index < -0.39 is 0 Å². The van der Waals surface area contributed by atoms with Gasteiger partial charge < -0.3 is 14.8 Å². The first-order valence-corrected chi connectivity index (χ1v) is 12.7. The van der Waals surface area contributed by atoms with Gasteiger partial charge in [0, 0.05) is 53.9 Å². The average Bonchev–Trinajstić information content (AvgIpc) is 3.59. The minimum absolute atomic E-state index is 0.202. The third-order valence-corrected chi connectivity index (χ3v) is 7.63. The standard InChI is InChI=1S/C30H28N6O/c1-35(2)22-10-12-36(13-11-22)23-8-9-27-28(15-23)34-30(33-27)29(37)19-6-7-20(16-31)25(14-19)26-18-32-17-21-4-3-5-24(21)26/h3,5-9,14-15,17-18,22H,4,10-13H2,1-2H3,(H,33,34). The SMILES string of the molecule is CN(C)C1CCN(c2ccc3nc(C(=O)c4ccc(C#N)c(-c5cncc6c5C=CC6)c4)[nH]c3c2)CC1. The molecule has 7 nitrogen and oxygen atoms in total. The summed E-state index contributed by atoms with van der Waals surface area (Å²) in [4.78, 5) is 30.4. The third kappa shape index (κ3) is 4.20. The van der Waals surface area contributed by atoms with Crippen molar-refractivity contribution >= 4 is 28.6 Å². The van der Waals surface area contributed by atoms with Gasteiger partial charge in [-0.15, -0.1) is 0 Å². The smallest absolute Gasteiger partial charge is 0.228 e. The Morgan fingerprint density at radius 3 is 2.73 bits per heavy atom. The van der Waals surface area contributed by atoms with E-state index in [4.69, 9.17) is 0 Å². The molecule has 2 aromatic carbocycles. The van der Waals surface area contributed by atoms with Crippen molar-refractivity contribution in [1.82, 2.24) is 19.9 Å². The van der Waals surface area contributed by atoms with E-state index in [1.54, 1.807) is 24.4 Å². The zero-order chi connectivity index (χ0) is 25.5. The number of imidazole rings is 1. The van der Waals surface area contributed by atoms with Crippen molar-refractivity contribution in [2.75, 3.05) is 32.1 Å². The summed E-state index contributed by atoms with van der Waals surface area (Å²) in [7, 11) is 4.29. The van der Waals surface area contributed by atoms with Crippen LogP contribution >= 0.6 is 0 Å². The minimum atomic E-state index is -0.202. The number of anilines is 1. The number of fused-ring (bicyclic) bond motifs is 2. The topological polar surface area (TPSA) is 88.9 Å². The highest BCUT2D eigenvalue weighted by Gasteiger charge is 2.22. The van der Waals surface area contributed by atoms with E-state index >= 15 is 0 Å². The van der Waals surface area contributed by atoms with Gasteiger partial charge in [0.1, 0.15) is 0 Å². The highest BCUT2D eigenvalue weighted by molar-refractivity contribution is 6.09. The maximum Gasteiger partial charge on any atom is 0.228 e. The molecule has 2 aromatic heterocycles. The number of hydrogen-bond donors (Lipinski definition) is 1. The summed E-state index contributed by atoms with van der Waals surface area (Å²) in [6.07, 6.45) is 10.9. The molecule has 1 aliphatic carbocycles. The molecule has 0 radical (unpaired) electrons. The predicted octanol–water partition coefficient (Wildman–Crippen LogP) is 4.83. The van der Waals surface area contributed by atoms with Crippen molar-refractivity contribution in [2.45, 2.75) is 25.3 Å². The molecule has 0 bridgehead atoms. The Hall–Kier alpha value is -4.28. The number of nitrogens with zero attached hydrogens (tertiary/aromatic N) is 5. The summed E-state index contributed by atoms with van der Waals surface area (Å²) in [6, 6.07) is 14.2. The number of aromatic amines is 1. The maximum atomic E-state index is 13.5. The van der Waals surface area contributed by atoms with E-state index in [1.807, 2.05) is 12.3 Å². The van der Waals surface area contributed by atoms with Gasteiger partial charge in [0.25, 0.3) is 0 Å². The molecule has 0 amide bonds. The molecule has 0 atom stereocenters. The van der Waals surface area contributed by atoms with Gasteiger partial charge in [-0.05, 0) is 80.9 Å². The Bertz CT molecular complexity index is 1580. The highest BCUT2D eigenvalue weighted by Crippen LogP contribution is 2.33. The number of nitriles is 1. The normalized spacial score (nSPS) is 15.4. The zero-order valence-electron chi connectivity index (χ0n) is 21.0. The van der Waals surface area contributed by atoms with E-state index in [0.29, 0.717) is 28.6 Å². The molecule has 1 saturated heterocycles. The highest BCUT2D eigenvalue weighted by atomic mass is 16.1. The van der Waals surface area contributed by atoms with Crippen molar-refractivity contribution in [3.05, 3.63) is 82.9 Å². The summed E-state index contributed by atoms with van der Waals surface area (Å²) in [5.41, 5.74) is 7.51. The van der Waals surface area contributed by atoms with Crippen molar-refractivity contribution in [1.29, 1.82) is 5.26 Å². The number of piperidine rings is 1. The number of nitrogens with one attached hydrogen (secondary N) is 1. The van der Waals surface area contributed by atoms with Gasteiger partial charge in [0.2, 0.25) is 5.78 Å². The zero-order valence-corrected chi connectivity index (χ0v) is 21.0. The second kappa shape index (κ2) is 9.30. The molecular weight excluding hydrogens is 460 g/mol. The van der Waals surface area contributed by atoms with E-state index in [-0.39, 0.29) is 5.78 Å². The van der Waals surface area contributed by atoms with Gasteiger partial charge in [-0.3, -0.25) is 9.78 Å². The number of hydrogen-bond acceptors (Lipinski definition) is 6. The molecule has 37 heavy (non-hydrogen) atoms. The van der Waals surface area contributed by atoms with E-state index in [9.17, 15) is 10.1 Å². The van der Waals surface area contributed by atoms with E-state index in [2.05, 4.69) is 69.2 Å². The summed E-state index contributed by atoms with van der Waals surface area (Å²) < 4.78 is 0. The molecule has 4 aromatic rings. The fourth-order valence-corrected chi connectivity index (χ4v) is 5.48. The van der Waals surface area contributed by atoms with Crippen LogP contribution in [0.3, 0.4) is 0 Å². The summed E-state index contributed by atoms with van der Waals surface area (Å²) in [6.45, 7) is 2.02. The van der Waals surface area contributed by atoms with Gasteiger partial charge in [0.05, 0.1) is 22.7 Å². The van der Waals surface area contributed by atoms with Crippen LogP contribution in [0, 0.1) is 11.3 Å². The molecule has 3 heterocycles. The van der Waals surface area contributed by atoms with E-state index in [0.717, 1.165) is 65.8 Å². The Kier molecular flexibility index (Phi) is 5.82. The number of aromatic nitrogens is 3. The third-order valence-electron chi connectivity index (χ3n) is 7.63. The number of pyridine rings is 1. The first-order valence-electron chi connectivity index (χ1n) is 12.7. The monoisotopic (exact) mass is 488 g/mol. The lowest BCUT2D eigenvalue weighted by atomic mass is 9.93. The van der Waals surface area contributed by atoms with Crippen LogP contribution < -0.4 is 4.90 Å². The van der Waals surface area contributed by atoms with Gasteiger partial charge in [-0.2, -0.15) is 5.26 Å². The number of benzene rings is 2. The minimum Gasteiger partial charge on any atom is -0.371 e. The van der Waals surface area contributed by atoms with Crippen LogP contribution in [0.1, 0.15) is 45.7 Å². The molecule has 0 spiro atoms. The molecule has 184 valence electrons. The second-order valence-corrected chi connectivity index (χ2v) is 10.0. The van der Waals surface area contributed by atoms with Crippen molar-refractivity contribution in [3.63, 3.8) is 0 Å². The average molecular weight is 489 g/mol. The van der Waals surface area contributed by atoms with Crippen LogP contribution in [0.25, 0.3) is 28.2 Å². The van der Waals surface area contributed by atoms with Crippen LogP contribution in [0.15, 0.2) is 54.9 Å². The Morgan fingerprint density at radius 1 is 1.11 bits per heavy atom. The summed E-state index contributed by atoms with van der Waals surface area (Å²) in [5.74, 6) is 0.0943. The van der Waals surface area contributed by atoms with Crippen molar-refractivity contribution in [3.8, 4) is 17.2 Å². The number of carbonyl (C=O) groups excluding carboxylic acids is 1. The Labute approximate surface area is 216 Å². The predicted molar refractivity (Wildman–Crippen MR) is 146 cm³/mol. The molecule has 1 aliphatic heterocycles. The summed E-state index contributed by atoms with van der Waals surface area (Å²) in [5, 5.41) is 9.75. The first-order chi connectivity index (χ1) is 18.0. The lowest BCUT2D eigenvalue weighted by Crippen LogP contribution is -2.41. The number of carbonyl (C=O) groups is 1. The molecule has 0 unspecified atom stereocenters. The molecule has 2 aliphatic rings. The Balaban J connectivity index is 1.30. The molecule has 0 saturated carbocycles.